The van der Waals surface area contributed by atoms with Crippen LogP contribution in [0.1, 0.15) is 6.92 Å². The summed E-state index contributed by atoms with van der Waals surface area (Å²) in [6.45, 7) is 1.23. The Bertz CT molecular complexity index is 928. The third kappa shape index (κ3) is 6.39. The van der Waals surface area contributed by atoms with Crippen molar-refractivity contribution < 1.29 is 19.1 Å². The van der Waals surface area contributed by atoms with Gasteiger partial charge in [-0.1, -0.05) is 36.4 Å². The summed E-state index contributed by atoms with van der Waals surface area (Å²) in [4.78, 5) is 24.0. The number of amides is 1. The van der Waals surface area contributed by atoms with Crippen molar-refractivity contribution in [2.45, 2.75) is 13.0 Å². The molecule has 3 aromatic rings. The van der Waals surface area contributed by atoms with E-state index < -0.39 is 18.0 Å². The van der Waals surface area contributed by atoms with Crippen LogP contribution in [0.5, 0.6) is 5.75 Å². The summed E-state index contributed by atoms with van der Waals surface area (Å²) < 4.78 is 10.6. The zero-order chi connectivity index (χ0) is 20.5. The van der Waals surface area contributed by atoms with Gasteiger partial charge in [0.05, 0.1) is 0 Å². The van der Waals surface area contributed by atoms with Crippen molar-refractivity contribution in [2.24, 2.45) is 0 Å². The van der Waals surface area contributed by atoms with E-state index >= 15 is 0 Å². The maximum Gasteiger partial charge on any atom is 0.344 e. The second kappa shape index (κ2) is 9.94. The zero-order valence-corrected chi connectivity index (χ0v) is 16.0. The van der Waals surface area contributed by atoms with Gasteiger partial charge in [0, 0.05) is 17.1 Å². The molecule has 0 unspecified atom stereocenters. The number of carbonyl (C=O) groups is 2. The third-order valence-electron chi connectivity index (χ3n) is 3.99. The summed E-state index contributed by atoms with van der Waals surface area (Å²) >= 11 is 0. The van der Waals surface area contributed by atoms with Crippen LogP contribution in [0.3, 0.4) is 0 Å². The molecule has 0 fully saturated rings. The summed E-state index contributed by atoms with van der Waals surface area (Å²) in [5.41, 5.74) is 2.52. The Balaban J connectivity index is 1.43. The van der Waals surface area contributed by atoms with E-state index in [4.69, 9.17) is 9.47 Å². The number of hydrogen-bond donors (Lipinski definition) is 2. The van der Waals surface area contributed by atoms with E-state index in [-0.39, 0.29) is 6.61 Å². The highest BCUT2D eigenvalue weighted by atomic mass is 16.6. The molecule has 148 valence electrons. The van der Waals surface area contributed by atoms with Crippen molar-refractivity contribution in [2.75, 3.05) is 17.2 Å². The summed E-state index contributed by atoms with van der Waals surface area (Å²) in [5, 5.41) is 5.95. The Hall–Kier alpha value is -3.80. The first-order chi connectivity index (χ1) is 14.1. The summed E-state index contributed by atoms with van der Waals surface area (Å²) in [6.07, 6.45) is -0.927. The Morgan fingerprint density at radius 3 is 1.97 bits per heavy atom. The zero-order valence-electron chi connectivity index (χ0n) is 16.0. The monoisotopic (exact) mass is 390 g/mol. The molecule has 0 aliphatic rings. The van der Waals surface area contributed by atoms with Crippen LogP contribution >= 0.6 is 0 Å². The van der Waals surface area contributed by atoms with Crippen LogP contribution in [0.15, 0.2) is 84.9 Å². The van der Waals surface area contributed by atoms with E-state index in [1.807, 2.05) is 48.5 Å². The van der Waals surface area contributed by atoms with Crippen LogP contribution in [0, 0.1) is 0 Å². The molecule has 0 radical (unpaired) electrons. The van der Waals surface area contributed by atoms with Gasteiger partial charge in [0.25, 0.3) is 5.91 Å². The van der Waals surface area contributed by atoms with Crippen molar-refractivity contribution in [3.8, 4) is 5.75 Å². The third-order valence-corrected chi connectivity index (χ3v) is 3.99. The van der Waals surface area contributed by atoms with Crippen LogP contribution < -0.4 is 15.4 Å². The molecule has 6 heteroatoms. The highest BCUT2D eigenvalue weighted by molar-refractivity contribution is 5.95. The molecule has 0 aromatic heterocycles. The van der Waals surface area contributed by atoms with Crippen molar-refractivity contribution in [3.05, 3.63) is 84.9 Å². The van der Waals surface area contributed by atoms with Crippen LogP contribution in [-0.2, 0) is 14.3 Å². The molecule has 1 amide bonds. The minimum absolute atomic E-state index is 0.283. The number of nitrogens with one attached hydrogen (secondary N) is 2. The standard InChI is InChI=1S/C23H22N2O4/c1-17(23(27)25-19-10-6-3-7-11-19)29-22(26)16-28-21-14-12-20(13-15-21)24-18-8-4-2-5-9-18/h2-15,17,24H,16H2,1H3,(H,25,27)/t17-/m0/s1. The summed E-state index contributed by atoms with van der Waals surface area (Å²) in [7, 11) is 0. The van der Waals surface area contributed by atoms with Crippen LogP contribution in [0.25, 0.3) is 0 Å². The van der Waals surface area contributed by atoms with Crippen molar-refractivity contribution in [3.63, 3.8) is 0 Å². The van der Waals surface area contributed by atoms with Gasteiger partial charge in [-0.25, -0.2) is 4.79 Å². The van der Waals surface area contributed by atoms with Gasteiger partial charge in [-0.05, 0) is 55.5 Å². The molecular weight excluding hydrogens is 368 g/mol. The molecule has 0 saturated carbocycles. The summed E-state index contributed by atoms with van der Waals surface area (Å²) in [5.74, 6) is -0.491. The maximum absolute atomic E-state index is 12.1. The molecule has 1 atom stereocenters. The predicted octanol–water partition coefficient (Wildman–Crippen LogP) is 4.38. The Kier molecular flexibility index (Phi) is 6.84. The minimum atomic E-state index is -0.927. The second-order valence-corrected chi connectivity index (χ2v) is 6.29. The smallest absolute Gasteiger partial charge is 0.344 e. The fraction of sp³-hybridized carbons (Fsp3) is 0.130. The van der Waals surface area contributed by atoms with Gasteiger partial charge in [-0.3, -0.25) is 4.79 Å². The number of rotatable bonds is 8. The lowest BCUT2D eigenvalue weighted by atomic mass is 10.2. The molecule has 2 N–H and O–H groups in total. The normalized spacial score (nSPS) is 11.2. The van der Waals surface area contributed by atoms with Gasteiger partial charge < -0.3 is 20.1 Å². The van der Waals surface area contributed by atoms with E-state index in [0.29, 0.717) is 11.4 Å². The lowest BCUT2D eigenvalue weighted by molar-refractivity contribution is -0.155. The first kappa shape index (κ1) is 19.9. The van der Waals surface area contributed by atoms with Gasteiger partial charge in [0.15, 0.2) is 12.7 Å². The van der Waals surface area contributed by atoms with Gasteiger partial charge >= 0.3 is 5.97 Å². The molecule has 0 spiro atoms. The molecule has 3 aromatic carbocycles. The number of carbonyl (C=O) groups excluding carboxylic acids is 2. The molecule has 0 saturated heterocycles. The van der Waals surface area contributed by atoms with E-state index in [1.165, 1.54) is 6.92 Å². The second-order valence-electron chi connectivity index (χ2n) is 6.29. The molecule has 0 aliphatic carbocycles. The Morgan fingerprint density at radius 1 is 0.793 bits per heavy atom. The first-order valence-electron chi connectivity index (χ1n) is 9.20. The Morgan fingerprint density at radius 2 is 1.34 bits per heavy atom. The topological polar surface area (TPSA) is 76.7 Å². The van der Waals surface area contributed by atoms with Crippen LogP contribution in [-0.4, -0.2) is 24.6 Å². The lowest BCUT2D eigenvalue weighted by Gasteiger charge is -2.14. The fourth-order valence-electron chi connectivity index (χ4n) is 2.51. The average Bonchev–Trinajstić information content (AvgIpc) is 2.74. The number of anilines is 3. The van der Waals surface area contributed by atoms with E-state index in [0.717, 1.165) is 11.4 Å². The van der Waals surface area contributed by atoms with E-state index in [2.05, 4.69) is 10.6 Å². The SMILES string of the molecule is C[C@H](OC(=O)COc1ccc(Nc2ccccc2)cc1)C(=O)Nc1ccccc1. The van der Waals surface area contributed by atoms with Crippen LogP contribution in [0.4, 0.5) is 17.1 Å². The molecule has 0 aliphatic heterocycles. The number of esters is 1. The number of hydrogen-bond acceptors (Lipinski definition) is 5. The molecule has 0 heterocycles. The highest BCUT2D eigenvalue weighted by Gasteiger charge is 2.18. The van der Waals surface area contributed by atoms with Crippen molar-refractivity contribution in [1.82, 2.24) is 0 Å². The molecule has 29 heavy (non-hydrogen) atoms. The minimum Gasteiger partial charge on any atom is -0.482 e. The quantitative estimate of drug-likeness (QED) is 0.558. The fourth-order valence-corrected chi connectivity index (χ4v) is 2.51. The van der Waals surface area contributed by atoms with E-state index in [9.17, 15) is 9.59 Å². The summed E-state index contributed by atoms with van der Waals surface area (Å²) in [6, 6.07) is 26.0. The van der Waals surface area contributed by atoms with Crippen LogP contribution in [0.2, 0.25) is 0 Å². The number of benzene rings is 3. The maximum atomic E-state index is 12.1. The van der Waals surface area contributed by atoms with Gasteiger partial charge in [0.1, 0.15) is 5.75 Å². The predicted molar refractivity (Wildman–Crippen MR) is 112 cm³/mol. The number of para-hydroxylation sites is 2. The van der Waals surface area contributed by atoms with E-state index in [1.54, 1.807) is 36.4 Å². The van der Waals surface area contributed by atoms with Gasteiger partial charge in [-0.15, -0.1) is 0 Å². The van der Waals surface area contributed by atoms with Crippen molar-refractivity contribution in [1.29, 1.82) is 0 Å². The molecule has 0 bridgehead atoms. The first-order valence-corrected chi connectivity index (χ1v) is 9.20. The lowest BCUT2D eigenvalue weighted by Crippen LogP contribution is -2.31. The van der Waals surface area contributed by atoms with Crippen molar-refractivity contribution >= 4 is 28.9 Å². The number of ether oxygens (including phenoxy) is 2. The largest absolute Gasteiger partial charge is 0.482 e. The Labute approximate surface area is 169 Å². The molecule has 3 rings (SSSR count). The van der Waals surface area contributed by atoms with Gasteiger partial charge in [0.2, 0.25) is 0 Å². The molecular formula is C23H22N2O4. The van der Waals surface area contributed by atoms with Gasteiger partial charge in [-0.2, -0.15) is 0 Å². The molecule has 6 nitrogen and oxygen atoms in total. The highest BCUT2D eigenvalue weighted by Crippen LogP contribution is 2.19. The average molecular weight is 390 g/mol.